The maximum absolute atomic E-state index is 13.9. The highest BCUT2D eigenvalue weighted by molar-refractivity contribution is 7.15. The lowest BCUT2D eigenvalue weighted by Crippen LogP contribution is -2.32. The van der Waals surface area contributed by atoms with Gasteiger partial charge in [0, 0.05) is 13.1 Å². The van der Waals surface area contributed by atoms with Gasteiger partial charge in [0.15, 0.2) is 5.01 Å². The first kappa shape index (κ1) is 19.7. The van der Waals surface area contributed by atoms with Crippen LogP contribution in [0.15, 0.2) is 23.8 Å². The minimum atomic E-state index is -0.823. The summed E-state index contributed by atoms with van der Waals surface area (Å²) in [4.78, 5) is 21.7. The minimum Gasteiger partial charge on any atom is -0.334 e. The topological polar surface area (TPSA) is 88.8 Å². The third kappa shape index (κ3) is 3.69. The largest absolute Gasteiger partial charge is 0.334 e. The van der Waals surface area contributed by atoms with Gasteiger partial charge >= 0.3 is 0 Å². The number of tetrazole rings is 1. The van der Waals surface area contributed by atoms with E-state index < -0.39 is 23.2 Å². The molecule has 1 aromatic carbocycles. The number of hydrogen-bond acceptors (Lipinski definition) is 7. The van der Waals surface area contributed by atoms with Crippen LogP contribution in [0.2, 0.25) is 0 Å². The Morgan fingerprint density at radius 1 is 1.19 bits per heavy atom. The van der Waals surface area contributed by atoms with E-state index >= 15 is 0 Å². The fourth-order valence-corrected chi connectivity index (χ4v) is 5.08. The summed E-state index contributed by atoms with van der Waals surface area (Å²) in [5.74, 6) is -1.70. The van der Waals surface area contributed by atoms with Crippen molar-refractivity contribution in [2.75, 3.05) is 23.3 Å². The molecule has 31 heavy (non-hydrogen) atoms. The molecule has 8 nitrogen and oxygen atoms in total. The zero-order valence-corrected chi connectivity index (χ0v) is 17.5. The van der Waals surface area contributed by atoms with Crippen molar-refractivity contribution in [1.29, 1.82) is 0 Å². The van der Waals surface area contributed by atoms with E-state index in [-0.39, 0.29) is 5.01 Å². The Morgan fingerprint density at radius 2 is 2.00 bits per heavy atom. The van der Waals surface area contributed by atoms with Crippen molar-refractivity contribution in [3.8, 4) is 0 Å². The Labute approximate surface area is 180 Å². The van der Waals surface area contributed by atoms with Crippen molar-refractivity contribution < 1.29 is 13.6 Å². The van der Waals surface area contributed by atoms with E-state index in [9.17, 15) is 13.6 Å². The third-order valence-corrected chi connectivity index (χ3v) is 6.66. The smallest absolute Gasteiger partial charge is 0.284 e. The summed E-state index contributed by atoms with van der Waals surface area (Å²) >= 11 is 1.26. The van der Waals surface area contributed by atoms with E-state index in [4.69, 9.17) is 0 Å². The Morgan fingerprint density at radius 3 is 2.74 bits per heavy atom. The van der Waals surface area contributed by atoms with Gasteiger partial charge in [0.25, 0.3) is 11.9 Å². The number of carbonyl (C=O) groups is 1. The number of aromatic nitrogens is 5. The third-order valence-electron chi connectivity index (χ3n) is 5.50. The Balaban J connectivity index is 1.44. The van der Waals surface area contributed by atoms with Crippen molar-refractivity contribution in [3.05, 3.63) is 51.0 Å². The SMILES string of the molecule is Cn1nnc(N2CCC3=C(C2)c2sc(C(=O)Nc4c(F)cccc4F)nc2CCC3)n1. The van der Waals surface area contributed by atoms with E-state index in [0.29, 0.717) is 12.5 Å². The lowest BCUT2D eigenvalue weighted by molar-refractivity contribution is 0.102. The molecule has 0 unspecified atom stereocenters. The molecule has 11 heteroatoms. The first-order valence-corrected chi connectivity index (χ1v) is 10.8. The van der Waals surface area contributed by atoms with Crippen LogP contribution in [-0.2, 0) is 13.5 Å². The average Bonchev–Trinajstić information content (AvgIpc) is 3.34. The van der Waals surface area contributed by atoms with Gasteiger partial charge in [-0.1, -0.05) is 16.7 Å². The molecule has 1 N–H and O–H groups in total. The van der Waals surface area contributed by atoms with Gasteiger partial charge in [-0.25, -0.2) is 13.8 Å². The van der Waals surface area contributed by atoms with E-state index in [1.165, 1.54) is 27.8 Å². The summed E-state index contributed by atoms with van der Waals surface area (Å²) in [6.07, 6.45) is 3.57. The monoisotopic (exact) mass is 443 g/mol. The molecule has 5 rings (SSSR count). The highest BCUT2D eigenvalue weighted by Gasteiger charge is 2.29. The Hall–Kier alpha value is -3.21. The second kappa shape index (κ2) is 7.80. The van der Waals surface area contributed by atoms with Crippen molar-refractivity contribution >= 4 is 34.5 Å². The van der Waals surface area contributed by atoms with Crippen LogP contribution in [0.25, 0.3) is 5.57 Å². The Bertz CT molecular complexity index is 1180. The van der Waals surface area contributed by atoms with Gasteiger partial charge in [-0.05, 0) is 48.6 Å². The molecular weight excluding hydrogens is 424 g/mol. The fourth-order valence-electron chi connectivity index (χ4n) is 3.99. The number of hydrogen-bond donors (Lipinski definition) is 1. The number of halogens is 2. The summed E-state index contributed by atoms with van der Waals surface area (Å²) in [7, 11) is 1.72. The number of anilines is 2. The lowest BCUT2D eigenvalue weighted by atomic mass is 9.97. The molecule has 3 heterocycles. The molecule has 0 saturated heterocycles. The molecule has 1 aliphatic heterocycles. The number of aryl methyl sites for hydroxylation is 2. The van der Waals surface area contributed by atoms with Crippen LogP contribution >= 0.6 is 11.3 Å². The predicted molar refractivity (Wildman–Crippen MR) is 112 cm³/mol. The number of nitrogens with zero attached hydrogens (tertiary/aromatic N) is 6. The summed E-state index contributed by atoms with van der Waals surface area (Å²) < 4.78 is 27.9. The summed E-state index contributed by atoms with van der Waals surface area (Å²) in [6, 6.07) is 3.45. The maximum Gasteiger partial charge on any atom is 0.284 e. The molecular formula is C20H19F2N7OS. The fraction of sp³-hybridized carbons (Fsp3) is 0.350. The van der Waals surface area contributed by atoms with Gasteiger partial charge in [-0.2, -0.15) is 4.80 Å². The van der Waals surface area contributed by atoms with Gasteiger partial charge in [-0.3, -0.25) is 4.79 Å². The minimum absolute atomic E-state index is 0.191. The van der Waals surface area contributed by atoms with Gasteiger partial charge in [-0.15, -0.1) is 16.4 Å². The number of amides is 1. The summed E-state index contributed by atoms with van der Waals surface area (Å²) in [5, 5.41) is 14.8. The quantitative estimate of drug-likeness (QED) is 0.669. The van der Waals surface area contributed by atoms with Crippen LogP contribution in [0.1, 0.15) is 39.6 Å². The van der Waals surface area contributed by atoms with Crippen molar-refractivity contribution in [1.82, 2.24) is 25.2 Å². The molecule has 2 aliphatic rings. The Kier molecular flexibility index (Phi) is 4.97. The van der Waals surface area contributed by atoms with Crippen molar-refractivity contribution in [2.24, 2.45) is 7.05 Å². The molecule has 3 aromatic rings. The summed E-state index contributed by atoms with van der Waals surface area (Å²) in [6.45, 7) is 1.41. The van der Waals surface area contributed by atoms with Crippen LogP contribution in [-0.4, -0.2) is 44.2 Å². The highest BCUT2D eigenvalue weighted by atomic mass is 32.1. The van der Waals surface area contributed by atoms with Gasteiger partial charge < -0.3 is 10.2 Å². The zero-order valence-electron chi connectivity index (χ0n) is 16.7. The number of thiazole rings is 1. The average molecular weight is 443 g/mol. The summed E-state index contributed by atoms with van der Waals surface area (Å²) in [5.41, 5.74) is 2.88. The zero-order chi connectivity index (χ0) is 21.5. The van der Waals surface area contributed by atoms with E-state index in [0.717, 1.165) is 60.5 Å². The molecule has 0 saturated carbocycles. The normalized spacial score (nSPS) is 16.0. The molecule has 1 amide bonds. The lowest BCUT2D eigenvalue weighted by Gasteiger charge is -2.29. The molecule has 2 aromatic heterocycles. The predicted octanol–water partition coefficient (Wildman–Crippen LogP) is 3.20. The second-order valence-electron chi connectivity index (χ2n) is 7.53. The number of rotatable bonds is 3. The van der Waals surface area contributed by atoms with Gasteiger partial charge in [0.1, 0.15) is 17.3 Å². The van der Waals surface area contributed by atoms with E-state index in [1.807, 2.05) is 0 Å². The molecule has 0 radical (unpaired) electrons. The van der Waals surface area contributed by atoms with Crippen LogP contribution in [0, 0.1) is 11.6 Å². The molecule has 0 spiro atoms. The second-order valence-corrected chi connectivity index (χ2v) is 8.53. The van der Waals surface area contributed by atoms with Gasteiger partial charge in [0.2, 0.25) is 0 Å². The number of carbonyl (C=O) groups excluding carboxylic acids is 1. The molecule has 0 bridgehead atoms. The van der Waals surface area contributed by atoms with Crippen LogP contribution in [0.4, 0.5) is 20.4 Å². The van der Waals surface area contributed by atoms with Gasteiger partial charge in [0.05, 0.1) is 17.6 Å². The van der Waals surface area contributed by atoms with Crippen LogP contribution < -0.4 is 10.2 Å². The first-order chi connectivity index (χ1) is 15.0. The standard InChI is InChI=1S/C20H19F2N7OS/c1-28-26-20(25-27-28)29-9-8-11-4-2-7-15-17(12(11)10-29)31-19(23-15)18(30)24-16-13(21)5-3-6-14(16)22/h3,5-6H,2,4,7-10H2,1H3,(H,24,30). The molecule has 0 fully saturated rings. The number of benzene rings is 1. The highest BCUT2D eigenvalue weighted by Crippen LogP contribution is 2.39. The number of fused-ring (bicyclic) bond motifs is 2. The maximum atomic E-state index is 13.9. The number of nitrogens with one attached hydrogen (secondary N) is 1. The molecule has 0 atom stereocenters. The molecule has 160 valence electrons. The van der Waals surface area contributed by atoms with E-state index in [1.54, 1.807) is 7.05 Å². The molecule has 1 aliphatic carbocycles. The van der Waals surface area contributed by atoms with E-state index in [2.05, 4.69) is 30.6 Å². The number of para-hydroxylation sites is 1. The van der Waals surface area contributed by atoms with Crippen molar-refractivity contribution in [3.63, 3.8) is 0 Å². The van der Waals surface area contributed by atoms with Crippen LogP contribution in [0.5, 0.6) is 0 Å². The first-order valence-electron chi connectivity index (χ1n) is 9.95. The van der Waals surface area contributed by atoms with Crippen molar-refractivity contribution in [2.45, 2.75) is 25.7 Å². The van der Waals surface area contributed by atoms with Crippen LogP contribution in [0.3, 0.4) is 0 Å².